The van der Waals surface area contributed by atoms with E-state index in [0.717, 1.165) is 36.5 Å². The van der Waals surface area contributed by atoms with E-state index in [9.17, 15) is 13.2 Å². The molecule has 0 saturated heterocycles. The van der Waals surface area contributed by atoms with Crippen molar-refractivity contribution in [2.45, 2.75) is 59.1 Å². The van der Waals surface area contributed by atoms with Gasteiger partial charge in [0.25, 0.3) is 0 Å². The van der Waals surface area contributed by atoms with Crippen molar-refractivity contribution in [1.82, 2.24) is 0 Å². The lowest BCUT2D eigenvalue weighted by molar-refractivity contribution is -0.0909. The maximum atomic E-state index is 11.1. The van der Waals surface area contributed by atoms with Gasteiger partial charge in [0.2, 0.25) is 0 Å². The summed E-state index contributed by atoms with van der Waals surface area (Å²) in [4.78, 5) is 0. The summed E-state index contributed by atoms with van der Waals surface area (Å²) in [6.45, 7) is 12.4. The molecule has 0 aromatic heterocycles. The molecule has 2 rings (SSSR count). The highest BCUT2D eigenvalue weighted by Gasteiger charge is 2.43. The number of allylic oxidation sites excluding steroid dienone is 2. The lowest BCUT2D eigenvalue weighted by Crippen LogP contribution is -2.17. The van der Waals surface area contributed by atoms with Gasteiger partial charge in [-0.3, -0.25) is 0 Å². The van der Waals surface area contributed by atoms with Crippen molar-refractivity contribution in [2.75, 3.05) is 0 Å². The predicted molar refractivity (Wildman–Crippen MR) is 82.9 cm³/mol. The Morgan fingerprint density at radius 2 is 1.86 bits per heavy atom. The topological polar surface area (TPSA) is 0 Å². The molecule has 0 heterocycles. The summed E-state index contributed by atoms with van der Waals surface area (Å²) in [7, 11) is 0. The van der Waals surface area contributed by atoms with E-state index in [1.54, 1.807) is 0 Å². The Morgan fingerprint density at radius 1 is 1.29 bits per heavy atom. The predicted octanol–water partition coefficient (Wildman–Crippen LogP) is 6.40. The molecule has 2 fully saturated rings. The quantitative estimate of drug-likeness (QED) is 0.529. The first-order chi connectivity index (χ1) is 9.66. The Kier molecular flexibility index (Phi) is 6.55. The molecule has 5 atom stereocenters. The molecule has 3 heteroatoms. The van der Waals surface area contributed by atoms with Crippen molar-refractivity contribution in [3.05, 3.63) is 24.8 Å². The first kappa shape index (κ1) is 18.3. The average molecular weight is 302 g/mol. The van der Waals surface area contributed by atoms with Gasteiger partial charge >= 0.3 is 6.18 Å². The highest BCUT2D eigenvalue weighted by Crippen LogP contribution is 2.52. The zero-order valence-electron chi connectivity index (χ0n) is 13.5. The summed E-state index contributed by atoms with van der Waals surface area (Å²) in [5.41, 5.74) is -0.757. The van der Waals surface area contributed by atoms with Crippen LogP contribution in [0.5, 0.6) is 0 Å². The molecule has 0 bridgehead atoms. The number of halogens is 3. The van der Waals surface area contributed by atoms with E-state index in [4.69, 9.17) is 0 Å². The molecule has 122 valence electrons. The summed E-state index contributed by atoms with van der Waals surface area (Å²) in [6, 6.07) is 0. The van der Waals surface area contributed by atoms with Crippen molar-refractivity contribution in [3.63, 3.8) is 0 Å². The summed E-state index contributed by atoms with van der Waals surface area (Å²) in [6.07, 6.45) is 5.18. The van der Waals surface area contributed by atoms with Crippen molar-refractivity contribution >= 4 is 0 Å². The van der Waals surface area contributed by atoms with Gasteiger partial charge in [0.05, 0.1) is 0 Å². The van der Waals surface area contributed by atoms with Crippen molar-refractivity contribution < 1.29 is 13.2 Å². The monoisotopic (exact) mass is 302 g/mol. The molecule has 2 saturated carbocycles. The summed E-state index contributed by atoms with van der Waals surface area (Å²) >= 11 is 0. The van der Waals surface area contributed by atoms with E-state index in [1.165, 1.54) is 32.1 Å². The molecule has 5 unspecified atom stereocenters. The van der Waals surface area contributed by atoms with E-state index in [1.807, 2.05) is 0 Å². The van der Waals surface area contributed by atoms with Crippen LogP contribution in [-0.2, 0) is 0 Å². The second kappa shape index (κ2) is 7.51. The summed E-state index contributed by atoms with van der Waals surface area (Å²) in [5.74, 6) is 5.06. The molecule has 0 spiro atoms. The smallest absolute Gasteiger partial charge is 0.167 e. The molecular weight excluding hydrogens is 273 g/mol. The summed E-state index contributed by atoms with van der Waals surface area (Å²) in [5, 5.41) is 0. The average Bonchev–Trinajstić information content (AvgIpc) is 2.87. The van der Waals surface area contributed by atoms with Crippen LogP contribution < -0.4 is 0 Å². The Hall–Kier alpha value is -0.730. The zero-order valence-corrected chi connectivity index (χ0v) is 13.5. The first-order valence-electron chi connectivity index (χ1n) is 8.00. The lowest BCUT2D eigenvalue weighted by Gasteiger charge is -2.24. The van der Waals surface area contributed by atoms with Crippen LogP contribution >= 0.6 is 0 Å². The second-order valence-electron chi connectivity index (χ2n) is 7.02. The fourth-order valence-electron chi connectivity index (χ4n) is 4.07. The minimum atomic E-state index is -4.19. The molecule has 0 radical (unpaired) electrons. The van der Waals surface area contributed by atoms with E-state index in [0.29, 0.717) is 0 Å². The largest absolute Gasteiger partial charge is 0.411 e. The maximum Gasteiger partial charge on any atom is 0.411 e. The molecule has 0 aliphatic heterocycles. The van der Waals surface area contributed by atoms with Gasteiger partial charge < -0.3 is 0 Å². The molecule has 0 aromatic carbocycles. The van der Waals surface area contributed by atoms with Crippen LogP contribution in [0.3, 0.4) is 0 Å². The third kappa shape index (κ3) is 5.19. The van der Waals surface area contributed by atoms with Crippen LogP contribution in [-0.4, -0.2) is 6.18 Å². The first-order valence-corrected chi connectivity index (χ1v) is 8.00. The van der Waals surface area contributed by atoms with Crippen molar-refractivity contribution in [2.24, 2.45) is 29.6 Å². The molecule has 0 amide bonds. The Balaban J connectivity index is 0.000000270. The van der Waals surface area contributed by atoms with Crippen LogP contribution in [0.2, 0.25) is 0 Å². The van der Waals surface area contributed by atoms with Crippen LogP contribution in [0.4, 0.5) is 13.2 Å². The lowest BCUT2D eigenvalue weighted by atomic mass is 9.81. The standard InChI is InChI=1S/C14H24.C4H5F3/c1-4-5-11(3)13-7-6-12-8-10(2)9-14(12)13;1-3(2)4(5,6)7/h4,10-14H,1,5-9H2,2-3H3;1H2,2H3. The molecule has 2 aliphatic rings. The maximum absolute atomic E-state index is 11.1. The van der Waals surface area contributed by atoms with E-state index < -0.39 is 11.7 Å². The molecule has 0 N–H and O–H groups in total. The number of rotatable bonds is 3. The molecule has 0 nitrogen and oxygen atoms in total. The van der Waals surface area contributed by atoms with Crippen LogP contribution in [0, 0.1) is 29.6 Å². The molecule has 0 aromatic rings. The minimum absolute atomic E-state index is 0.757. The Bertz CT molecular complexity index is 356. The van der Waals surface area contributed by atoms with Crippen LogP contribution in [0.1, 0.15) is 52.9 Å². The third-order valence-corrected chi connectivity index (χ3v) is 5.16. The fraction of sp³-hybridized carbons (Fsp3) is 0.778. The molecule has 21 heavy (non-hydrogen) atoms. The highest BCUT2D eigenvalue weighted by molar-refractivity contribution is 4.96. The van der Waals surface area contributed by atoms with E-state index in [2.05, 4.69) is 33.1 Å². The fourth-order valence-corrected chi connectivity index (χ4v) is 4.07. The SMILES string of the molecule is C=C(C)C(F)(F)F.C=CCC(C)C1CCC2CC(C)CC21. The van der Waals surface area contributed by atoms with E-state index in [-0.39, 0.29) is 0 Å². The van der Waals surface area contributed by atoms with Gasteiger partial charge in [-0.25, -0.2) is 0 Å². The van der Waals surface area contributed by atoms with Gasteiger partial charge in [0.15, 0.2) is 0 Å². The Morgan fingerprint density at radius 3 is 2.33 bits per heavy atom. The Labute approximate surface area is 127 Å². The van der Waals surface area contributed by atoms with Crippen molar-refractivity contribution in [3.8, 4) is 0 Å². The number of fused-ring (bicyclic) bond motifs is 1. The van der Waals surface area contributed by atoms with E-state index >= 15 is 0 Å². The van der Waals surface area contributed by atoms with Gasteiger partial charge in [-0.05, 0) is 68.6 Å². The highest BCUT2D eigenvalue weighted by atomic mass is 19.4. The number of hydrogen-bond acceptors (Lipinski definition) is 0. The second-order valence-corrected chi connectivity index (χ2v) is 7.02. The van der Waals surface area contributed by atoms with Gasteiger partial charge in [0.1, 0.15) is 0 Å². The zero-order chi connectivity index (χ0) is 16.2. The minimum Gasteiger partial charge on any atom is -0.167 e. The third-order valence-electron chi connectivity index (χ3n) is 5.16. The molecule has 2 aliphatic carbocycles. The van der Waals surface area contributed by atoms with Crippen molar-refractivity contribution in [1.29, 1.82) is 0 Å². The number of hydrogen-bond donors (Lipinski definition) is 0. The summed E-state index contributed by atoms with van der Waals surface area (Å²) < 4.78 is 33.2. The van der Waals surface area contributed by atoms with Gasteiger partial charge in [-0.2, -0.15) is 13.2 Å². The van der Waals surface area contributed by atoms with Gasteiger partial charge in [-0.15, -0.1) is 6.58 Å². The van der Waals surface area contributed by atoms with Crippen LogP contribution in [0.25, 0.3) is 0 Å². The van der Waals surface area contributed by atoms with Gasteiger partial charge in [-0.1, -0.05) is 26.5 Å². The molecular formula is C18H29F3. The van der Waals surface area contributed by atoms with Crippen LogP contribution in [0.15, 0.2) is 24.8 Å². The normalized spacial score (nSPS) is 32.9. The van der Waals surface area contributed by atoms with Gasteiger partial charge in [0, 0.05) is 5.57 Å². The number of alkyl halides is 3.